The summed E-state index contributed by atoms with van der Waals surface area (Å²) in [4.78, 5) is 24.2. The molecule has 2 unspecified atom stereocenters. The molecule has 92 valence electrons. The molecule has 0 bridgehead atoms. The molecule has 0 aromatic heterocycles. The van der Waals surface area contributed by atoms with E-state index in [4.69, 9.17) is 9.47 Å². The van der Waals surface area contributed by atoms with Gasteiger partial charge in [-0.05, 0) is 13.8 Å². The number of amides is 1. The van der Waals surface area contributed by atoms with Gasteiger partial charge in [-0.1, -0.05) is 0 Å². The summed E-state index contributed by atoms with van der Waals surface area (Å²) in [7, 11) is 0. The van der Waals surface area contributed by atoms with Crippen LogP contribution >= 0.6 is 0 Å². The molecule has 6 heteroatoms. The summed E-state index contributed by atoms with van der Waals surface area (Å²) in [5.41, 5.74) is 0. The molecule has 0 radical (unpaired) electrons. The Balaban J connectivity index is 2.66. The average molecular weight is 231 g/mol. The lowest BCUT2D eigenvalue weighted by Crippen LogP contribution is -2.41. The Morgan fingerprint density at radius 3 is 2.50 bits per heavy atom. The van der Waals surface area contributed by atoms with Crippen LogP contribution in [0.5, 0.6) is 0 Å². The number of aliphatic hydroxyl groups excluding tert-OH is 1. The number of rotatable bonds is 3. The van der Waals surface area contributed by atoms with Crippen molar-refractivity contribution in [1.29, 1.82) is 0 Å². The van der Waals surface area contributed by atoms with Crippen LogP contribution in [0.3, 0.4) is 0 Å². The Labute approximate surface area is 94.1 Å². The monoisotopic (exact) mass is 231 g/mol. The van der Waals surface area contributed by atoms with E-state index in [1.807, 2.05) is 0 Å². The molecule has 1 aliphatic rings. The smallest absolute Gasteiger partial charge is 0.410 e. The van der Waals surface area contributed by atoms with Crippen LogP contribution < -0.4 is 0 Å². The number of nitrogens with zero attached hydrogens (tertiary/aromatic N) is 1. The van der Waals surface area contributed by atoms with Gasteiger partial charge in [-0.25, -0.2) is 9.59 Å². The van der Waals surface area contributed by atoms with Crippen LogP contribution in [0, 0.1) is 0 Å². The number of ether oxygens (including phenoxy) is 2. The Morgan fingerprint density at radius 2 is 1.94 bits per heavy atom. The molecular weight excluding hydrogens is 214 g/mol. The van der Waals surface area contributed by atoms with Gasteiger partial charge in [-0.3, -0.25) is 4.90 Å². The van der Waals surface area contributed by atoms with E-state index in [1.54, 1.807) is 13.8 Å². The molecular formula is C10H17NO5. The maximum Gasteiger partial charge on any atom is 0.410 e. The van der Waals surface area contributed by atoms with Crippen LogP contribution in [0.25, 0.3) is 0 Å². The molecule has 1 saturated heterocycles. The van der Waals surface area contributed by atoms with E-state index in [9.17, 15) is 14.7 Å². The first-order valence-electron chi connectivity index (χ1n) is 5.38. The molecule has 1 rings (SSSR count). The maximum atomic E-state index is 11.5. The van der Waals surface area contributed by atoms with Crippen molar-refractivity contribution in [3.05, 3.63) is 0 Å². The highest BCUT2D eigenvalue weighted by Gasteiger charge is 2.40. The number of hydrogen-bond acceptors (Lipinski definition) is 5. The van der Waals surface area contributed by atoms with Crippen LogP contribution in [0.15, 0.2) is 0 Å². The van der Waals surface area contributed by atoms with Crippen molar-refractivity contribution in [2.45, 2.75) is 32.4 Å². The second-order valence-electron chi connectivity index (χ2n) is 3.51. The number of esters is 1. The average Bonchev–Trinajstić information content (AvgIpc) is 2.61. The van der Waals surface area contributed by atoms with Crippen molar-refractivity contribution in [3.63, 3.8) is 0 Å². The van der Waals surface area contributed by atoms with Crippen LogP contribution in [0.1, 0.15) is 20.3 Å². The molecule has 1 N–H and O–H groups in total. The molecule has 6 nitrogen and oxygen atoms in total. The van der Waals surface area contributed by atoms with Crippen molar-refractivity contribution in [2.75, 3.05) is 19.8 Å². The fourth-order valence-corrected chi connectivity index (χ4v) is 1.68. The van der Waals surface area contributed by atoms with E-state index in [1.165, 1.54) is 4.90 Å². The first kappa shape index (κ1) is 12.8. The second-order valence-corrected chi connectivity index (χ2v) is 3.51. The van der Waals surface area contributed by atoms with Crippen molar-refractivity contribution in [1.82, 2.24) is 4.90 Å². The molecule has 0 aliphatic carbocycles. The lowest BCUT2D eigenvalue weighted by molar-refractivity contribution is -0.148. The third kappa shape index (κ3) is 2.85. The molecule has 0 saturated carbocycles. The Hall–Kier alpha value is -1.30. The molecule has 0 spiro atoms. The maximum absolute atomic E-state index is 11.5. The number of carbonyl (C=O) groups excluding carboxylic acids is 2. The number of β-amino-alcohol motifs (C(OH)–C–C–N with tert-alkyl or cyclic N) is 1. The first-order chi connectivity index (χ1) is 7.60. The van der Waals surface area contributed by atoms with E-state index in [-0.39, 0.29) is 26.2 Å². The second kappa shape index (κ2) is 5.69. The highest BCUT2D eigenvalue weighted by molar-refractivity contribution is 5.82. The van der Waals surface area contributed by atoms with Gasteiger partial charge < -0.3 is 14.6 Å². The third-order valence-electron chi connectivity index (χ3n) is 2.34. The van der Waals surface area contributed by atoms with E-state index in [2.05, 4.69) is 0 Å². The zero-order valence-electron chi connectivity index (χ0n) is 9.51. The summed E-state index contributed by atoms with van der Waals surface area (Å²) in [6.45, 7) is 3.98. The minimum absolute atomic E-state index is 0.113. The molecule has 1 amide bonds. The Bertz CT molecular complexity index is 242. The largest absolute Gasteiger partial charge is 0.464 e. The van der Waals surface area contributed by atoms with Gasteiger partial charge in [0.1, 0.15) is 6.04 Å². The van der Waals surface area contributed by atoms with Crippen molar-refractivity contribution >= 4 is 12.1 Å². The van der Waals surface area contributed by atoms with Gasteiger partial charge in [0.2, 0.25) is 0 Å². The zero-order valence-corrected chi connectivity index (χ0v) is 9.51. The normalized spacial score (nSPS) is 24.3. The fraction of sp³-hybridized carbons (Fsp3) is 0.800. The Kier molecular flexibility index (Phi) is 4.54. The van der Waals surface area contributed by atoms with Gasteiger partial charge in [0.25, 0.3) is 0 Å². The molecule has 2 atom stereocenters. The number of likely N-dealkylation sites (tertiary alicyclic amines) is 1. The van der Waals surface area contributed by atoms with Crippen molar-refractivity contribution in [2.24, 2.45) is 0 Å². The Morgan fingerprint density at radius 1 is 1.31 bits per heavy atom. The third-order valence-corrected chi connectivity index (χ3v) is 2.34. The van der Waals surface area contributed by atoms with Gasteiger partial charge in [0.15, 0.2) is 0 Å². The SMILES string of the molecule is CCOC(=O)C1CC(O)CN1C(=O)OCC. The molecule has 1 fully saturated rings. The fourth-order valence-electron chi connectivity index (χ4n) is 1.68. The zero-order chi connectivity index (χ0) is 12.1. The van der Waals surface area contributed by atoms with E-state index >= 15 is 0 Å². The summed E-state index contributed by atoms with van der Waals surface area (Å²) < 4.78 is 9.63. The van der Waals surface area contributed by atoms with Crippen LogP contribution in [-0.4, -0.2) is 54.0 Å². The predicted octanol–water partition coefficient (Wildman–Crippen LogP) is 0.141. The van der Waals surface area contributed by atoms with Crippen LogP contribution in [-0.2, 0) is 14.3 Å². The minimum Gasteiger partial charge on any atom is -0.464 e. The van der Waals surface area contributed by atoms with E-state index < -0.39 is 24.2 Å². The van der Waals surface area contributed by atoms with E-state index in [0.717, 1.165) is 0 Å². The number of hydrogen-bond donors (Lipinski definition) is 1. The first-order valence-corrected chi connectivity index (χ1v) is 5.38. The van der Waals surface area contributed by atoms with Gasteiger partial charge in [-0.2, -0.15) is 0 Å². The van der Waals surface area contributed by atoms with Crippen LogP contribution in [0.4, 0.5) is 4.79 Å². The van der Waals surface area contributed by atoms with Gasteiger partial charge in [0.05, 0.1) is 25.9 Å². The molecule has 1 heterocycles. The molecule has 0 aromatic rings. The molecule has 0 aromatic carbocycles. The standard InChI is InChI=1S/C10H17NO5/c1-3-15-9(13)8-5-7(12)6-11(8)10(14)16-4-2/h7-8,12H,3-6H2,1-2H3. The number of carbonyl (C=O) groups is 2. The van der Waals surface area contributed by atoms with Gasteiger partial charge in [-0.15, -0.1) is 0 Å². The van der Waals surface area contributed by atoms with Gasteiger partial charge >= 0.3 is 12.1 Å². The predicted molar refractivity (Wildman–Crippen MR) is 54.8 cm³/mol. The van der Waals surface area contributed by atoms with Crippen molar-refractivity contribution in [3.8, 4) is 0 Å². The quantitative estimate of drug-likeness (QED) is 0.699. The van der Waals surface area contributed by atoms with Crippen molar-refractivity contribution < 1.29 is 24.2 Å². The summed E-state index contributed by atoms with van der Waals surface area (Å²) in [6.07, 6.45) is -1.08. The summed E-state index contributed by atoms with van der Waals surface area (Å²) in [6, 6.07) is -0.728. The highest BCUT2D eigenvalue weighted by Crippen LogP contribution is 2.20. The minimum atomic E-state index is -0.728. The van der Waals surface area contributed by atoms with Crippen LogP contribution in [0.2, 0.25) is 0 Å². The highest BCUT2D eigenvalue weighted by atomic mass is 16.6. The topological polar surface area (TPSA) is 76.1 Å². The summed E-state index contributed by atoms with van der Waals surface area (Å²) in [5, 5.41) is 9.45. The summed E-state index contributed by atoms with van der Waals surface area (Å²) in [5.74, 6) is -0.493. The van der Waals surface area contributed by atoms with E-state index in [0.29, 0.717) is 0 Å². The molecule has 16 heavy (non-hydrogen) atoms. The number of aliphatic hydroxyl groups is 1. The lowest BCUT2D eigenvalue weighted by atomic mass is 10.2. The molecule has 1 aliphatic heterocycles. The lowest BCUT2D eigenvalue weighted by Gasteiger charge is -2.21. The van der Waals surface area contributed by atoms with Gasteiger partial charge in [0, 0.05) is 6.42 Å². The summed E-state index contributed by atoms with van der Waals surface area (Å²) >= 11 is 0.